The predicted octanol–water partition coefficient (Wildman–Crippen LogP) is 15.5. The fraction of sp³-hybridized carbons (Fsp3) is 0.0690. The van der Waals surface area contributed by atoms with Gasteiger partial charge in [0, 0.05) is 64.4 Å². The number of rotatable bonds is 5. The molecule has 5 heteroatoms. The molecule has 63 heavy (non-hydrogen) atoms. The Morgan fingerprint density at radius 1 is 0.492 bits per heavy atom. The van der Waals surface area contributed by atoms with E-state index in [0.717, 1.165) is 62.3 Å². The molecule has 0 radical (unpaired) electrons. The average molecular weight is 824 g/mol. The molecule has 2 aliphatic rings. The van der Waals surface area contributed by atoms with Crippen molar-refractivity contribution in [3.8, 4) is 16.8 Å². The van der Waals surface area contributed by atoms with Crippen LogP contribution in [0.15, 0.2) is 209 Å². The molecule has 296 valence electrons. The van der Waals surface area contributed by atoms with Crippen molar-refractivity contribution in [2.45, 2.75) is 12.5 Å². The Morgan fingerprint density at radius 3 is 2.13 bits per heavy atom. The second kappa shape index (κ2) is 13.4. The van der Waals surface area contributed by atoms with E-state index in [9.17, 15) is 0 Å². The number of benzene rings is 9. The predicted molar refractivity (Wildman–Crippen MR) is 264 cm³/mol. The zero-order valence-corrected chi connectivity index (χ0v) is 34.9. The van der Waals surface area contributed by atoms with Gasteiger partial charge < -0.3 is 8.98 Å². The summed E-state index contributed by atoms with van der Waals surface area (Å²) in [4.78, 5) is 11.5. The first-order valence-electron chi connectivity index (χ1n) is 21.8. The molecule has 1 saturated carbocycles. The molecule has 1 aliphatic carbocycles. The SMILES string of the molecule is c1ccc(-c2cccc(C3=NC(c4cc(-n5c6ccccc6c6cc7ccccc7cc65)cc5c4oc4ccccc45)C4CC4C(c4ccc5sc6ccccc6c5c4)=N3)c2)cc1. The summed E-state index contributed by atoms with van der Waals surface area (Å²) in [5, 5.41) is 9.73. The number of nitrogens with zero attached hydrogens (tertiary/aromatic N) is 3. The molecule has 4 heterocycles. The maximum Gasteiger partial charge on any atom is 0.155 e. The number of thiophene rings is 1. The van der Waals surface area contributed by atoms with E-state index in [2.05, 4.69) is 199 Å². The van der Waals surface area contributed by atoms with Crippen LogP contribution in [-0.2, 0) is 0 Å². The van der Waals surface area contributed by atoms with Gasteiger partial charge in [0.15, 0.2) is 5.84 Å². The number of aliphatic imine (C=N–C) groups is 2. The molecule has 12 aromatic rings. The quantitative estimate of drug-likeness (QED) is 0.170. The first-order valence-corrected chi connectivity index (χ1v) is 22.6. The van der Waals surface area contributed by atoms with Crippen LogP contribution < -0.4 is 0 Å². The maximum atomic E-state index is 6.94. The van der Waals surface area contributed by atoms with Crippen molar-refractivity contribution >= 4 is 97.6 Å². The number of fused-ring (bicyclic) bond motifs is 11. The van der Waals surface area contributed by atoms with Gasteiger partial charge in [0.1, 0.15) is 11.2 Å². The number of aromatic nitrogens is 1. The summed E-state index contributed by atoms with van der Waals surface area (Å²) in [5.41, 5.74) is 12.0. The Kier molecular flexibility index (Phi) is 7.48. The van der Waals surface area contributed by atoms with Gasteiger partial charge in [0.25, 0.3) is 0 Å². The van der Waals surface area contributed by atoms with E-state index < -0.39 is 0 Å². The highest BCUT2D eigenvalue weighted by Crippen LogP contribution is 2.55. The van der Waals surface area contributed by atoms with Crippen LogP contribution in [0.4, 0.5) is 0 Å². The minimum Gasteiger partial charge on any atom is -0.456 e. The van der Waals surface area contributed by atoms with Crippen molar-refractivity contribution in [2.75, 3.05) is 0 Å². The van der Waals surface area contributed by atoms with Gasteiger partial charge in [-0.3, -0.25) is 4.99 Å². The van der Waals surface area contributed by atoms with Gasteiger partial charge in [-0.15, -0.1) is 11.3 Å². The van der Waals surface area contributed by atoms with Crippen molar-refractivity contribution in [1.29, 1.82) is 0 Å². The summed E-state index contributed by atoms with van der Waals surface area (Å²) in [6.07, 6.45) is 1.00. The first-order chi connectivity index (χ1) is 31.2. The lowest BCUT2D eigenvalue weighted by Crippen LogP contribution is -2.08. The smallest absolute Gasteiger partial charge is 0.155 e. The molecular weight excluding hydrogens is 787 g/mol. The summed E-state index contributed by atoms with van der Waals surface area (Å²) in [5.74, 6) is 1.23. The molecule has 1 aliphatic heterocycles. The molecule has 3 unspecified atom stereocenters. The number of para-hydroxylation sites is 2. The minimum atomic E-state index is -0.200. The van der Waals surface area contributed by atoms with Crippen LogP contribution >= 0.6 is 11.3 Å². The molecule has 0 spiro atoms. The van der Waals surface area contributed by atoms with E-state index in [1.807, 2.05) is 11.3 Å². The average Bonchev–Trinajstić information content (AvgIpc) is 3.80. The van der Waals surface area contributed by atoms with Gasteiger partial charge in [-0.1, -0.05) is 133 Å². The molecule has 0 bridgehead atoms. The van der Waals surface area contributed by atoms with Crippen LogP contribution in [0.1, 0.15) is 29.2 Å². The second-order valence-electron chi connectivity index (χ2n) is 17.2. The zero-order chi connectivity index (χ0) is 41.2. The summed E-state index contributed by atoms with van der Waals surface area (Å²) in [6.45, 7) is 0. The van der Waals surface area contributed by atoms with Crippen molar-refractivity contribution in [1.82, 2.24) is 4.57 Å². The highest BCUT2D eigenvalue weighted by atomic mass is 32.1. The largest absolute Gasteiger partial charge is 0.456 e. The molecule has 0 N–H and O–H groups in total. The zero-order valence-electron chi connectivity index (χ0n) is 34.1. The fourth-order valence-electron chi connectivity index (χ4n) is 10.5. The normalized spacial score (nSPS) is 17.5. The van der Waals surface area contributed by atoms with E-state index in [1.54, 1.807) is 0 Å². The van der Waals surface area contributed by atoms with Crippen LogP contribution in [0.3, 0.4) is 0 Å². The highest BCUT2D eigenvalue weighted by Gasteiger charge is 2.49. The van der Waals surface area contributed by atoms with Crippen molar-refractivity contribution in [3.05, 3.63) is 211 Å². The van der Waals surface area contributed by atoms with Crippen molar-refractivity contribution < 1.29 is 4.42 Å². The van der Waals surface area contributed by atoms with Gasteiger partial charge in [0.2, 0.25) is 0 Å². The van der Waals surface area contributed by atoms with E-state index >= 15 is 0 Å². The molecule has 14 rings (SSSR count). The second-order valence-corrected chi connectivity index (χ2v) is 18.3. The molecule has 0 saturated heterocycles. The highest BCUT2D eigenvalue weighted by molar-refractivity contribution is 7.25. The van der Waals surface area contributed by atoms with Crippen LogP contribution in [-0.4, -0.2) is 16.1 Å². The maximum absolute atomic E-state index is 6.94. The van der Waals surface area contributed by atoms with E-state index in [1.165, 1.54) is 63.9 Å². The monoisotopic (exact) mass is 823 g/mol. The number of hydrogen-bond donors (Lipinski definition) is 0. The minimum absolute atomic E-state index is 0.200. The lowest BCUT2D eigenvalue weighted by Gasteiger charge is -2.17. The number of hydrogen-bond acceptors (Lipinski definition) is 4. The summed E-state index contributed by atoms with van der Waals surface area (Å²) < 4.78 is 12.0. The van der Waals surface area contributed by atoms with Crippen LogP contribution in [0.5, 0.6) is 0 Å². The lowest BCUT2D eigenvalue weighted by atomic mass is 9.95. The Morgan fingerprint density at radius 2 is 1.22 bits per heavy atom. The molecule has 3 atom stereocenters. The molecule has 0 amide bonds. The van der Waals surface area contributed by atoms with E-state index in [-0.39, 0.29) is 17.9 Å². The first kappa shape index (κ1) is 35.0. The third-order valence-electron chi connectivity index (χ3n) is 13.6. The van der Waals surface area contributed by atoms with Crippen LogP contribution in [0.25, 0.3) is 91.5 Å². The fourth-order valence-corrected chi connectivity index (χ4v) is 11.6. The molecule has 3 aromatic heterocycles. The Bertz CT molecular complexity index is 3920. The lowest BCUT2D eigenvalue weighted by molar-refractivity contribution is 0.600. The molecular formula is C58H37N3OS. The Hall–Kier alpha value is -7.60. The van der Waals surface area contributed by atoms with Gasteiger partial charge in [-0.25, -0.2) is 4.99 Å². The number of amidine groups is 1. The Labute approximate surface area is 366 Å². The van der Waals surface area contributed by atoms with Crippen LogP contribution in [0, 0.1) is 11.8 Å². The third kappa shape index (κ3) is 5.46. The van der Waals surface area contributed by atoms with E-state index in [0.29, 0.717) is 0 Å². The van der Waals surface area contributed by atoms with Gasteiger partial charge in [-0.05, 0) is 100 Å². The topological polar surface area (TPSA) is 42.8 Å². The molecule has 1 fully saturated rings. The van der Waals surface area contributed by atoms with Crippen molar-refractivity contribution in [3.63, 3.8) is 0 Å². The number of furan rings is 1. The van der Waals surface area contributed by atoms with Gasteiger partial charge >= 0.3 is 0 Å². The van der Waals surface area contributed by atoms with Crippen LogP contribution in [0.2, 0.25) is 0 Å². The summed E-state index contributed by atoms with van der Waals surface area (Å²) >= 11 is 1.86. The third-order valence-corrected chi connectivity index (χ3v) is 14.7. The molecule has 9 aromatic carbocycles. The van der Waals surface area contributed by atoms with Gasteiger partial charge in [0.05, 0.1) is 22.8 Å². The van der Waals surface area contributed by atoms with Gasteiger partial charge in [-0.2, -0.15) is 0 Å². The summed E-state index contributed by atoms with van der Waals surface area (Å²) in [6, 6.07) is 70.2. The standard InChI is InChI=1S/C58H37N3OS/c1-2-13-34(14-3-1)35-17-12-18-39(27-35)58-59-55(38-25-26-54-45(29-38)43-21-8-11-24-53(43)63-54)46-33-47(46)56(60-58)49-32-40(31-48-42-20-7-10-23-52(42)62-57(48)49)61-50-22-9-6-19-41(50)44-28-36-15-4-5-16-37(36)30-51(44)61/h1-32,46-47,56H,33H2. The Balaban J connectivity index is 1.01. The van der Waals surface area contributed by atoms with Crippen molar-refractivity contribution in [2.24, 2.45) is 21.8 Å². The summed E-state index contributed by atoms with van der Waals surface area (Å²) in [7, 11) is 0. The molecule has 4 nitrogen and oxygen atoms in total. The van der Waals surface area contributed by atoms with E-state index in [4.69, 9.17) is 14.4 Å².